The fourth-order valence-corrected chi connectivity index (χ4v) is 2.37. The molecule has 0 heterocycles. The zero-order valence-corrected chi connectivity index (χ0v) is 14.5. The van der Waals surface area contributed by atoms with Gasteiger partial charge in [-0.15, -0.1) is 0 Å². The van der Waals surface area contributed by atoms with E-state index in [2.05, 4.69) is 31.4 Å². The lowest BCUT2D eigenvalue weighted by atomic mass is 10.00. The van der Waals surface area contributed by atoms with Crippen molar-refractivity contribution in [2.45, 2.75) is 78.3 Å². The number of ketones is 2. The van der Waals surface area contributed by atoms with Gasteiger partial charge in [-0.1, -0.05) is 33.6 Å². The van der Waals surface area contributed by atoms with Gasteiger partial charge in [0, 0.05) is 13.0 Å². The summed E-state index contributed by atoms with van der Waals surface area (Å²) in [6.45, 7) is 8.66. The second-order valence-electron chi connectivity index (χ2n) is 6.29. The van der Waals surface area contributed by atoms with Crippen LogP contribution in [0, 0.1) is 5.92 Å². The van der Waals surface area contributed by atoms with Crippen LogP contribution in [-0.2, 0) is 9.59 Å². The van der Waals surface area contributed by atoms with E-state index in [0.29, 0.717) is 18.9 Å². The van der Waals surface area contributed by atoms with Crippen LogP contribution in [0.2, 0.25) is 0 Å². The maximum atomic E-state index is 12.1. The third-order valence-corrected chi connectivity index (χ3v) is 3.87. The summed E-state index contributed by atoms with van der Waals surface area (Å²) in [4.78, 5) is 23.7. The van der Waals surface area contributed by atoms with Crippen LogP contribution in [0.3, 0.4) is 0 Å². The number of carbonyl (C=O) groups is 2. The van der Waals surface area contributed by atoms with E-state index in [-0.39, 0.29) is 23.7 Å². The van der Waals surface area contributed by atoms with E-state index in [4.69, 9.17) is 0 Å². The highest BCUT2D eigenvalue weighted by Crippen LogP contribution is 2.08. The molecule has 2 atom stereocenters. The van der Waals surface area contributed by atoms with Gasteiger partial charge in [-0.05, 0) is 39.2 Å². The number of rotatable bonds is 13. The highest BCUT2D eigenvalue weighted by molar-refractivity contribution is 5.84. The van der Waals surface area contributed by atoms with Crippen molar-refractivity contribution in [2.24, 2.45) is 5.92 Å². The van der Waals surface area contributed by atoms with Crippen LogP contribution in [0.25, 0.3) is 0 Å². The molecule has 0 rings (SSSR count). The zero-order valence-electron chi connectivity index (χ0n) is 14.5. The average molecular weight is 298 g/mol. The van der Waals surface area contributed by atoms with Gasteiger partial charge in [0.25, 0.3) is 0 Å². The Bertz CT molecular complexity index is 303. The Hall–Kier alpha value is -0.740. The van der Waals surface area contributed by atoms with Gasteiger partial charge in [0.05, 0.1) is 12.1 Å². The molecule has 0 aromatic rings. The second-order valence-corrected chi connectivity index (χ2v) is 6.29. The maximum Gasteiger partial charge on any atom is 0.150 e. The van der Waals surface area contributed by atoms with Gasteiger partial charge in [-0.2, -0.15) is 0 Å². The molecule has 0 aromatic heterocycles. The summed E-state index contributed by atoms with van der Waals surface area (Å²) in [5.74, 6) is 1.00. The Balaban J connectivity index is 4.11. The molecule has 21 heavy (non-hydrogen) atoms. The number of carbonyl (C=O) groups excluding carboxylic acids is 2. The molecule has 124 valence electrons. The number of hydrogen-bond acceptors (Lipinski definition) is 4. The van der Waals surface area contributed by atoms with E-state index in [1.54, 1.807) is 6.92 Å². The van der Waals surface area contributed by atoms with Crippen LogP contribution >= 0.6 is 0 Å². The molecule has 0 aliphatic rings. The smallest absolute Gasteiger partial charge is 0.150 e. The van der Waals surface area contributed by atoms with E-state index in [1.807, 2.05) is 7.05 Å². The lowest BCUT2D eigenvalue weighted by Crippen LogP contribution is -2.40. The first-order valence-electron chi connectivity index (χ1n) is 8.36. The van der Waals surface area contributed by atoms with Crippen molar-refractivity contribution in [1.82, 2.24) is 10.6 Å². The fourth-order valence-electron chi connectivity index (χ4n) is 2.37. The standard InChI is InChI=1S/C17H34N2O2/c1-6-7-8-16(18-5)17(21)11-12-19-15(14(4)20)10-9-13(2)3/h13,15-16,18-19H,6-12H2,1-5H3/t15-,16-/m0/s1. The van der Waals surface area contributed by atoms with Gasteiger partial charge in [0.1, 0.15) is 5.78 Å². The van der Waals surface area contributed by atoms with Crippen LogP contribution in [0.1, 0.15) is 66.2 Å². The van der Waals surface area contributed by atoms with Crippen LogP contribution in [0.5, 0.6) is 0 Å². The summed E-state index contributed by atoms with van der Waals surface area (Å²) in [6, 6.07) is -0.151. The van der Waals surface area contributed by atoms with Gasteiger partial charge in [0.2, 0.25) is 0 Å². The normalized spacial score (nSPS) is 14.2. The molecule has 0 spiro atoms. The number of likely N-dealkylation sites (N-methyl/N-ethyl adjacent to an activating group) is 1. The van der Waals surface area contributed by atoms with Gasteiger partial charge in [-0.3, -0.25) is 9.59 Å². The molecule has 0 saturated carbocycles. The predicted octanol–water partition coefficient (Wildman–Crippen LogP) is 2.71. The Kier molecular flexibility index (Phi) is 11.5. The van der Waals surface area contributed by atoms with E-state index in [1.165, 1.54) is 0 Å². The monoisotopic (exact) mass is 298 g/mol. The average Bonchev–Trinajstić information content (AvgIpc) is 2.42. The van der Waals surface area contributed by atoms with Gasteiger partial charge >= 0.3 is 0 Å². The maximum absolute atomic E-state index is 12.1. The number of hydrogen-bond donors (Lipinski definition) is 2. The quantitative estimate of drug-likeness (QED) is 0.549. The lowest BCUT2D eigenvalue weighted by Gasteiger charge is -2.18. The van der Waals surface area contributed by atoms with Gasteiger partial charge in [-0.25, -0.2) is 0 Å². The molecule has 0 radical (unpaired) electrons. The van der Waals surface area contributed by atoms with Crippen molar-refractivity contribution in [3.63, 3.8) is 0 Å². The van der Waals surface area contributed by atoms with Crippen LogP contribution in [-0.4, -0.2) is 37.2 Å². The largest absolute Gasteiger partial charge is 0.311 e. The van der Waals surface area contributed by atoms with E-state index < -0.39 is 0 Å². The van der Waals surface area contributed by atoms with E-state index >= 15 is 0 Å². The van der Waals surface area contributed by atoms with Crippen LogP contribution < -0.4 is 10.6 Å². The second kappa shape index (κ2) is 11.9. The summed E-state index contributed by atoms with van der Waals surface area (Å²) in [7, 11) is 1.84. The van der Waals surface area contributed by atoms with Gasteiger partial charge in [0.15, 0.2) is 5.78 Å². The molecular formula is C17H34N2O2. The van der Waals surface area contributed by atoms with Crippen molar-refractivity contribution >= 4 is 11.6 Å². The van der Waals surface area contributed by atoms with Crippen molar-refractivity contribution in [3.8, 4) is 0 Å². The zero-order chi connectivity index (χ0) is 16.3. The fraction of sp³-hybridized carbons (Fsp3) is 0.882. The molecule has 0 fully saturated rings. The summed E-state index contributed by atoms with van der Waals surface area (Å²) in [5, 5.41) is 6.34. The molecule has 4 nitrogen and oxygen atoms in total. The van der Waals surface area contributed by atoms with Crippen molar-refractivity contribution < 1.29 is 9.59 Å². The molecule has 0 saturated heterocycles. The first-order chi connectivity index (χ1) is 9.92. The Morgan fingerprint density at radius 3 is 2.19 bits per heavy atom. The third kappa shape index (κ3) is 9.75. The van der Waals surface area contributed by atoms with E-state index in [0.717, 1.165) is 32.1 Å². The summed E-state index contributed by atoms with van der Waals surface area (Å²) in [6.07, 6.45) is 5.43. The molecular weight excluding hydrogens is 264 g/mol. The van der Waals surface area contributed by atoms with Gasteiger partial charge < -0.3 is 10.6 Å². The first kappa shape index (κ1) is 20.3. The SMILES string of the molecule is CCCC[C@H](NC)C(=O)CCN[C@@H](CCC(C)C)C(C)=O. The van der Waals surface area contributed by atoms with Crippen molar-refractivity contribution in [1.29, 1.82) is 0 Å². The molecule has 0 aromatic carbocycles. The third-order valence-electron chi connectivity index (χ3n) is 3.87. The highest BCUT2D eigenvalue weighted by atomic mass is 16.1. The number of unbranched alkanes of at least 4 members (excludes halogenated alkanes) is 1. The number of nitrogens with one attached hydrogen (secondary N) is 2. The molecule has 0 bridgehead atoms. The first-order valence-corrected chi connectivity index (χ1v) is 8.36. The number of Topliss-reactive ketones (excluding diaryl/α,β-unsaturated/α-hetero) is 2. The Labute approximate surface area is 130 Å². The van der Waals surface area contributed by atoms with Crippen molar-refractivity contribution in [2.75, 3.05) is 13.6 Å². The molecule has 2 N–H and O–H groups in total. The molecule has 0 unspecified atom stereocenters. The Morgan fingerprint density at radius 1 is 1.05 bits per heavy atom. The van der Waals surface area contributed by atoms with Crippen LogP contribution in [0.4, 0.5) is 0 Å². The minimum atomic E-state index is -0.108. The molecule has 0 amide bonds. The minimum absolute atomic E-state index is 0.0433. The Morgan fingerprint density at radius 2 is 1.71 bits per heavy atom. The van der Waals surface area contributed by atoms with Crippen molar-refractivity contribution in [3.05, 3.63) is 0 Å². The summed E-state index contributed by atoms with van der Waals surface area (Å²) < 4.78 is 0. The van der Waals surface area contributed by atoms with Crippen LogP contribution in [0.15, 0.2) is 0 Å². The lowest BCUT2D eigenvalue weighted by molar-refractivity contribution is -0.122. The molecule has 0 aliphatic carbocycles. The minimum Gasteiger partial charge on any atom is -0.311 e. The summed E-state index contributed by atoms with van der Waals surface area (Å²) >= 11 is 0. The van der Waals surface area contributed by atoms with E-state index in [9.17, 15) is 9.59 Å². The molecule has 4 heteroatoms. The predicted molar refractivity (Wildman–Crippen MR) is 88.5 cm³/mol. The summed E-state index contributed by atoms with van der Waals surface area (Å²) in [5.41, 5.74) is 0. The highest BCUT2D eigenvalue weighted by Gasteiger charge is 2.17. The topological polar surface area (TPSA) is 58.2 Å². The molecule has 0 aliphatic heterocycles.